The van der Waals surface area contributed by atoms with E-state index in [-0.39, 0.29) is 12.6 Å². The maximum atomic E-state index is 12.4. The minimum absolute atomic E-state index is 0.227. The van der Waals surface area contributed by atoms with Gasteiger partial charge >= 0.3 is 12.0 Å². The molecular formula is C21H28N4O4. The van der Waals surface area contributed by atoms with E-state index in [1.807, 2.05) is 12.1 Å². The number of methoxy groups -OCH3 is 1. The van der Waals surface area contributed by atoms with Crippen molar-refractivity contribution in [2.24, 2.45) is 0 Å². The Morgan fingerprint density at radius 3 is 2.76 bits per heavy atom. The molecule has 8 heteroatoms. The van der Waals surface area contributed by atoms with Crippen LogP contribution >= 0.6 is 0 Å². The van der Waals surface area contributed by atoms with E-state index in [1.54, 1.807) is 26.2 Å². The van der Waals surface area contributed by atoms with Crippen molar-refractivity contribution in [3.8, 4) is 0 Å². The Morgan fingerprint density at radius 2 is 2.03 bits per heavy atom. The number of aromatic nitrogens is 1. The average molecular weight is 400 g/mol. The molecule has 0 spiro atoms. The predicted molar refractivity (Wildman–Crippen MR) is 109 cm³/mol. The minimum Gasteiger partial charge on any atom is -0.465 e. The van der Waals surface area contributed by atoms with Gasteiger partial charge in [-0.25, -0.2) is 14.6 Å². The summed E-state index contributed by atoms with van der Waals surface area (Å²) in [6.45, 7) is 4.42. The second-order valence-electron chi connectivity index (χ2n) is 7.26. The molecule has 0 radical (unpaired) electrons. The van der Waals surface area contributed by atoms with Crippen LogP contribution in [-0.2, 0) is 17.8 Å². The summed E-state index contributed by atoms with van der Waals surface area (Å²) in [5.41, 5.74) is 1.38. The fourth-order valence-corrected chi connectivity index (χ4v) is 3.42. The lowest BCUT2D eigenvalue weighted by molar-refractivity contribution is 0.0598. The number of hydrogen-bond donors (Lipinski definition) is 1. The third-order valence-corrected chi connectivity index (χ3v) is 5.05. The SMILES string of the molecule is COC(=O)c1cc(CN(C)C(=O)NCc2ccnc(N3CCCCC3)c2)oc1C. The molecule has 2 amide bonds. The molecular weight excluding hydrogens is 372 g/mol. The van der Waals surface area contributed by atoms with Crippen molar-refractivity contribution in [2.45, 2.75) is 39.3 Å². The summed E-state index contributed by atoms with van der Waals surface area (Å²) in [7, 11) is 3.00. The number of anilines is 1. The Balaban J connectivity index is 1.54. The fraction of sp³-hybridized carbons (Fsp3) is 0.476. The van der Waals surface area contributed by atoms with Gasteiger partial charge < -0.3 is 24.3 Å². The summed E-state index contributed by atoms with van der Waals surface area (Å²) in [6.07, 6.45) is 5.44. The second-order valence-corrected chi connectivity index (χ2v) is 7.26. The fourth-order valence-electron chi connectivity index (χ4n) is 3.42. The van der Waals surface area contributed by atoms with Crippen LogP contribution < -0.4 is 10.2 Å². The van der Waals surface area contributed by atoms with E-state index < -0.39 is 5.97 Å². The van der Waals surface area contributed by atoms with Gasteiger partial charge in [0.15, 0.2) is 0 Å². The first-order valence-electron chi connectivity index (χ1n) is 9.84. The molecule has 156 valence electrons. The Kier molecular flexibility index (Phi) is 6.74. The average Bonchev–Trinajstić information content (AvgIpc) is 3.12. The number of rotatable bonds is 6. The van der Waals surface area contributed by atoms with E-state index in [9.17, 15) is 9.59 Å². The van der Waals surface area contributed by atoms with Gasteiger partial charge in [0.05, 0.1) is 13.7 Å². The Hall–Kier alpha value is -3.03. The first-order chi connectivity index (χ1) is 14.0. The molecule has 0 aliphatic carbocycles. The number of carbonyl (C=O) groups excluding carboxylic acids is 2. The summed E-state index contributed by atoms with van der Waals surface area (Å²) in [4.78, 5) is 32.4. The molecule has 1 aliphatic heterocycles. The van der Waals surface area contributed by atoms with Gasteiger partial charge in [0, 0.05) is 32.9 Å². The van der Waals surface area contributed by atoms with Crippen molar-refractivity contribution in [1.29, 1.82) is 0 Å². The minimum atomic E-state index is -0.452. The molecule has 29 heavy (non-hydrogen) atoms. The maximum Gasteiger partial charge on any atom is 0.341 e. The largest absolute Gasteiger partial charge is 0.465 e. The molecule has 0 bridgehead atoms. The van der Waals surface area contributed by atoms with Crippen molar-refractivity contribution < 1.29 is 18.7 Å². The number of nitrogens with zero attached hydrogens (tertiary/aromatic N) is 3. The summed E-state index contributed by atoms with van der Waals surface area (Å²) in [5, 5.41) is 2.91. The van der Waals surface area contributed by atoms with E-state index in [4.69, 9.17) is 9.15 Å². The van der Waals surface area contributed by atoms with Crippen LogP contribution in [0.2, 0.25) is 0 Å². The maximum absolute atomic E-state index is 12.4. The Labute approximate surface area is 170 Å². The quantitative estimate of drug-likeness (QED) is 0.750. The highest BCUT2D eigenvalue weighted by molar-refractivity contribution is 5.90. The normalized spacial score (nSPS) is 13.8. The van der Waals surface area contributed by atoms with Crippen LogP contribution in [0.1, 0.15) is 46.7 Å². The molecule has 8 nitrogen and oxygen atoms in total. The van der Waals surface area contributed by atoms with Crippen LogP contribution in [-0.4, -0.2) is 49.1 Å². The van der Waals surface area contributed by atoms with E-state index in [2.05, 4.69) is 15.2 Å². The van der Waals surface area contributed by atoms with Gasteiger partial charge in [-0.3, -0.25) is 0 Å². The zero-order valence-corrected chi connectivity index (χ0v) is 17.2. The molecule has 3 rings (SSSR count). The molecule has 1 aliphatic rings. The number of furan rings is 1. The number of urea groups is 1. The highest BCUT2D eigenvalue weighted by Gasteiger charge is 2.18. The number of carbonyl (C=O) groups is 2. The number of pyridine rings is 1. The number of aryl methyl sites for hydroxylation is 1. The number of hydrogen-bond acceptors (Lipinski definition) is 6. The van der Waals surface area contributed by atoms with Crippen LogP contribution in [0.25, 0.3) is 0 Å². The van der Waals surface area contributed by atoms with Gasteiger partial charge in [0.1, 0.15) is 22.9 Å². The van der Waals surface area contributed by atoms with Gasteiger partial charge in [-0.1, -0.05) is 0 Å². The lowest BCUT2D eigenvalue weighted by Crippen LogP contribution is -2.36. The number of nitrogens with one attached hydrogen (secondary N) is 1. The Bertz CT molecular complexity index is 858. The molecule has 0 saturated carbocycles. The van der Waals surface area contributed by atoms with Crippen LogP contribution in [0, 0.1) is 6.92 Å². The van der Waals surface area contributed by atoms with E-state index in [1.165, 1.54) is 31.3 Å². The zero-order chi connectivity index (χ0) is 20.8. The summed E-state index contributed by atoms with van der Waals surface area (Å²) in [5.74, 6) is 1.51. The highest BCUT2D eigenvalue weighted by Crippen LogP contribution is 2.19. The lowest BCUT2D eigenvalue weighted by atomic mass is 10.1. The summed E-state index contributed by atoms with van der Waals surface area (Å²) >= 11 is 0. The molecule has 0 aromatic carbocycles. The molecule has 0 unspecified atom stereocenters. The summed E-state index contributed by atoms with van der Waals surface area (Å²) < 4.78 is 10.3. The van der Waals surface area contributed by atoms with Gasteiger partial charge in [-0.2, -0.15) is 0 Å². The first-order valence-corrected chi connectivity index (χ1v) is 9.84. The number of esters is 1. The van der Waals surface area contributed by atoms with Crippen LogP contribution in [0.15, 0.2) is 28.8 Å². The number of ether oxygens (including phenoxy) is 1. The molecule has 0 atom stereocenters. The number of amides is 2. The topological polar surface area (TPSA) is 87.9 Å². The first kappa shape index (κ1) is 20.7. The lowest BCUT2D eigenvalue weighted by Gasteiger charge is -2.28. The molecule has 2 aromatic heterocycles. The van der Waals surface area contributed by atoms with Crippen molar-refractivity contribution in [3.63, 3.8) is 0 Å². The van der Waals surface area contributed by atoms with Gasteiger partial charge in [-0.15, -0.1) is 0 Å². The standard InChI is InChI=1S/C21H28N4O4/c1-15-18(20(26)28-3)12-17(29-15)14-24(2)21(27)23-13-16-7-8-22-19(11-16)25-9-5-4-6-10-25/h7-8,11-12H,4-6,9-10,13-14H2,1-3H3,(H,23,27). The number of piperidine rings is 1. The van der Waals surface area contributed by atoms with Crippen molar-refractivity contribution in [3.05, 3.63) is 47.0 Å². The van der Waals surface area contributed by atoms with E-state index >= 15 is 0 Å². The summed E-state index contributed by atoms with van der Waals surface area (Å²) in [6, 6.07) is 5.32. The monoisotopic (exact) mass is 400 g/mol. The molecule has 3 heterocycles. The molecule has 1 saturated heterocycles. The molecule has 2 aromatic rings. The predicted octanol–water partition coefficient (Wildman–Crippen LogP) is 3.10. The third-order valence-electron chi connectivity index (χ3n) is 5.05. The van der Waals surface area contributed by atoms with Crippen LogP contribution in [0.4, 0.5) is 10.6 Å². The van der Waals surface area contributed by atoms with Gasteiger partial charge in [0.25, 0.3) is 0 Å². The highest BCUT2D eigenvalue weighted by atomic mass is 16.5. The van der Waals surface area contributed by atoms with Crippen molar-refractivity contribution >= 4 is 17.8 Å². The smallest absolute Gasteiger partial charge is 0.341 e. The van der Waals surface area contributed by atoms with E-state index in [0.717, 1.165) is 24.5 Å². The third kappa shape index (κ3) is 5.28. The van der Waals surface area contributed by atoms with Crippen molar-refractivity contribution in [1.82, 2.24) is 15.2 Å². The Morgan fingerprint density at radius 1 is 1.28 bits per heavy atom. The van der Waals surface area contributed by atoms with Gasteiger partial charge in [0.2, 0.25) is 0 Å². The zero-order valence-electron chi connectivity index (χ0n) is 17.2. The van der Waals surface area contributed by atoms with Crippen molar-refractivity contribution in [2.75, 3.05) is 32.1 Å². The second kappa shape index (κ2) is 9.45. The van der Waals surface area contributed by atoms with Crippen LogP contribution in [0.5, 0.6) is 0 Å². The van der Waals surface area contributed by atoms with Crippen LogP contribution in [0.3, 0.4) is 0 Å². The molecule has 1 fully saturated rings. The molecule has 1 N–H and O–H groups in total. The van der Waals surface area contributed by atoms with Gasteiger partial charge in [-0.05, 0) is 49.9 Å². The van der Waals surface area contributed by atoms with E-state index in [0.29, 0.717) is 23.6 Å².